The Bertz CT molecular complexity index is 1360. The van der Waals surface area contributed by atoms with E-state index in [0.29, 0.717) is 12.8 Å². The molecule has 0 amide bonds. The van der Waals surface area contributed by atoms with Gasteiger partial charge in [-0.15, -0.1) is 0 Å². The Morgan fingerprint density at radius 1 is 0.484 bits per heavy atom. The van der Waals surface area contributed by atoms with Crippen molar-refractivity contribution in [3.05, 3.63) is 97.2 Å². The third-order valence-corrected chi connectivity index (χ3v) is 10.8. The van der Waals surface area contributed by atoms with Crippen LogP contribution in [0.3, 0.4) is 0 Å². The van der Waals surface area contributed by atoms with E-state index in [4.69, 9.17) is 14.2 Å². The Kier molecular flexibility index (Phi) is 43.1. The minimum absolute atomic E-state index is 0.0240. The number of hydrogen-bond donors (Lipinski definition) is 0. The van der Waals surface area contributed by atoms with E-state index in [1.165, 1.54) is 70.6 Å². The molecule has 0 aliphatic heterocycles. The van der Waals surface area contributed by atoms with Crippen LogP contribution >= 0.6 is 0 Å². The average Bonchev–Trinajstić information content (AvgIpc) is 3.26. The van der Waals surface area contributed by atoms with Crippen molar-refractivity contribution in [2.45, 2.75) is 199 Å². The van der Waals surface area contributed by atoms with E-state index in [2.05, 4.69) is 74.6 Å². The highest BCUT2D eigenvalue weighted by molar-refractivity contribution is 5.70. The highest BCUT2D eigenvalue weighted by Crippen LogP contribution is 2.14. The van der Waals surface area contributed by atoms with Gasteiger partial charge in [-0.05, 0) is 70.6 Å². The molecule has 0 fully saturated rings. The zero-order valence-corrected chi connectivity index (χ0v) is 41.4. The van der Waals surface area contributed by atoms with Gasteiger partial charge in [-0.1, -0.05) is 195 Å². The van der Waals surface area contributed by atoms with Gasteiger partial charge in [-0.25, -0.2) is 0 Å². The predicted molar refractivity (Wildman–Crippen MR) is 268 cm³/mol. The number of rotatable bonds is 44. The molecular formula is C56H93NO7. The number of carboxylic acid groups (broad SMARTS) is 1. The molecule has 0 aromatic carbocycles. The number of ether oxygens (including phenoxy) is 3. The topological polar surface area (TPSA) is 102 Å². The minimum Gasteiger partial charge on any atom is -0.544 e. The molecule has 64 heavy (non-hydrogen) atoms. The summed E-state index contributed by atoms with van der Waals surface area (Å²) < 4.78 is 17.2. The Balaban J connectivity index is 4.34. The number of unbranched alkanes of at least 4 members (excludes halogenated alkanes) is 18. The molecule has 0 aromatic rings. The maximum Gasteiger partial charge on any atom is 0.306 e. The van der Waals surface area contributed by atoms with Crippen LogP contribution in [0.15, 0.2) is 97.2 Å². The number of aliphatic carboxylic acids is 1. The van der Waals surface area contributed by atoms with E-state index in [1.807, 2.05) is 36.5 Å². The summed E-state index contributed by atoms with van der Waals surface area (Å²) in [6.07, 6.45) is 61.4. The second kappa shape index (κ2) is 45.8. The first-order chi connectivity index (χ1) is 31.1. The molecular weight excluding hydrogens is 799 g/mol. The monoisotopic (exact) mass is 892 g/mol. The molecule has 0 heterocycles. The molecule has 8 nitrogen and oxygen atoms in total. The van der Waals surface area contributed by atoms with Crippen LogP contribution in [-0.2, 0) is 28.6 Å². The lowest BCUT2D eigenvalue weighted by molar-refractivity contribution is -0.889. The summed E-state index contributed by atoms with van der Waals surface area (Å²) in [7, 11) is 5.39. The summed E-state index contributed by atoms with van der Waals surface area (Å²) in [6.45, 7) is 4.51. The Morgan fingerprint density at radius 2 is 0.922 bits per heavy atom. The van der Waals surface area contributed by atoms with Crippen LogP contribution in [0.1, 0.15) is 187 Å². The zero-order valence-electron chi connectivity index (χ0n) is 41.4. The first-order valence-corrected chi connectivity index (χ1v) is 25.3. The van der Waals surface area contributed by atoms with E-state index in [9.17, 15) is 19.5 Å². The average molecular weight is 892 g/mol. The smallest absolute Gasteiger partial charge is 0.306 e. The molecule has 2 unspecified atom stereocenters. The summed E-state index contributed by atoms with van der Waals surface area (Å²) in [5.74, 6) is -1.78. The van der Waals surface area contributed by atoms with Gasteiger partial charge in [0.05, 0.1) is 40.3 Å². The van der Waals surface area contributed by atoms with Crippen molar-refractivity contribution in [2.24, 2.45) is 0 Å². The number of nitrogens with zero attached hydrogens (tertiary/aromatic N) is 1. The third-order valence-electron chi connectivity index (χ3n) is 10.8. The molecule has 0 aliphatic rings. The number of carbonyl (C=O) groups excluding carboxylic acids is 3. The first-order valence-electron chi connectivity index (χ1n) is 25.3. The zero-order chi connectivity index (χ0) is 47.0. The predicted octanol–water partition coefficient (Wildman–Crippen LogP) is 13.3. The highest BCUT2D eigenvalue weighted by Gasteiger charge is 2.25. The Hall–Kier alpha value is -3.75. The van der Waals surface area contributed by atoms with Crippen molar-refractivity contribution in [3.63, 3.8) is 0 Å². The number of carbonyl (C=O) groups is 3. The van der Waals surface area contributed by atoms with Gasteiger partial charge < -0.3 is 28.6 Å². The minimum atomic E-state index is -1.13. The third kappa shape index (κ3) is 43.5. The number of hydrogen-bond acceptors (Lipinski definition) is 7. The van der Waals surface area contributed by atoms with Gasteiger partial charge in [0, 0.05) is 19.3 Å². The Labute approximate surface area is 392 Å². The van der Waals surface area contributed by atoms with Gasteiger partial charge in [0.1, 0.15) is 12.6 Å². The van der Waals surface area contributed by atoms with E-state index in [0.717, 1.165) is 83.5 Å². The quantitative estimate of drug-likeness (QED) is 0.0197. The summed E-state index contributed by atoms with van der Waals surface area (Å²) in [5.41, 5.74) is 0. The maximum atomic E-state index is 12.8. The molecule has 2 atom stereocenters. The number of quaternary nitrogens is 1. The fourth-order valence-electron chi connectivity index (χ4n) is 6.87. The summed E-state index contributed by atoms with van der Waals surface area (Å²) in [4.78, 5) is 37.0. The van der Waals surface area contributed by atoms with Crippen LogP contribution in [0.4, 0.5) is 0 Å². The highest BCUT2D eigenvalue weighted by atomic mass is 16.6. The van der Waals surface area contributed by atoms with E-state index in [1.54, 1.807) is 21.1 Å². The molecule has 0 saturated carbocycles. The molecule has 0 spiro atoms. The Morgan fingerprint density at radius 3 is 1.42 bits per heavy atom. The normalized spacial score (nSPS) is 13.7. The molecule has 0 aromatic heterocycles. The van der Waals surface area contributed by atoms with Gasteiger partial charge in [0.15, 0.2) is 6.10 Å². The number of esters is 2. The maximum absolute atomic E-state index is 12.8. The molecule has 0 N–H and O–H groups in total. The van der Waals surface area contributed by atoms with Crippen LogP contribution in [0.5, 0.6) is 0 Å². The fraction of sp³-hybridized carbons (Fsp3) is 0.661. The van der Waals surface area contributed by atoms with Crippen LogP contribution < -0.4 is 5.11 Å². The van der Waals surface area contributed by atoms with Crippen LogP contribution in [0.2, 0.25) is 0 Å². The van der Waals surface area contributed by atoms with Gasteiger partial charge in [0.25, 0.3) is 0 Å². The number of carboxylic acids is 1. The van der Waals surface area contributed by atoms with Crippen LogP contribution in [0, 0.1) is 0 Å². The molecule has 8 heteroatoms. The van der Waals surface area contributed by atoms with Gasteiger partial charge in [-0.2, -0.15) is 0 Å². The lowest BCUT2D eigenvalue weighted by Gasteiger charge is -2.34. The molecule has 0 saturated heterocycles. The molecule has 364 valence electrons. The van der Waals surface area contributed by atoms with Crippen molar-refractivity contribution < 1.29 is 38.2 Å². The summed E-state index contributed by atoms with van der Waals surface area (Å²) >= 11 is 0. The van der Waals surface area contributed by atoms with E-state index >= 15 is 0 Å². The van der Waals surface area contributed by atoms with Crippen molar-refractivity contribution in [3.8, 4) is 0 Å². The first kappa shape index (κ1) is 60.2. The van der Waals surface area contributed by atoms with E-state index < -0.39 is 18.1 Å². The van der Waals surface area contributed by atoms with E-state index in [-0.39, 0.29) is 42.7 Å². The standard InChI is InChI=1S/C56H93NO7/c1-6-8-10-12-14-16-18-20-22-24-26-27-28-29-31-33-35-37-39-41-43-45-47-55(59)64-52(50-62-49-48-53(56(60)61)57(3,4)5)51-63-54(58)46-44-42-40-38-36-34-32-30-25-23-21-19-17-15-13-11-9-7-2/h11,13-17,19-23,25-27,30,32,52-53H,6-10,12,18,24,28-29,31,33-51H2,1-5H3/b13-11+,16-14+,17-15+,21-19+,22-20+,25-23+,27-26+,32-30+. The van der Waals surface area contributed by atoms with Crippen molar-refractivity contribution >= 4 is 17.9 Å². The molecule has 0 radical (unpaired) electrons. The van der Waals surface area contributed by atoms with Crippen molar-refractivity contribution in [1.82, 2.24) is 0 Å². The second-order valence-electron chi connectivity index (χ2n) is 17.8. The van der Waals surface area contributed by atoms with Gasteiger partial charge in [-0.3, -0.25) is 9.59 Å². The van der Waals surface area contributed by atoms with Gasteiger partial charge >= 0.3 is 11.9 Å². The molecule has 0 bridgehead atoms. The van der Waals surface area contributed by atoms with Crippen LogP contribution in [0.25, 0.3) is 0 Å². The SMILES string of the molecule is CCC/C=C/C=C/C=C/C=C/C=C/CCCCCCCC(=O)OCC(COCCC(C(=O)[O-])[N+](C)(C)C)OC(=O)CCCCCCCCCCC/C=C/C/C=C/C/C=C/CCCCC. The molecule has 0 rings (SSSR count). The lowest BCUT2D eigenvalue weighted by atomic mass is 10.1. The van der Waals surface area contributed by atoms with Crippen LogP contribution in [-0.4, -0.2) is 75.5 Å². The van der Waals surface area contributed by atoms with Gasteiger partial charge in [0.2, 0.25) is 0 Å². The summed E-state index contributed by atoms with van der Waals surface area (Å²) in [5, 5.41) is 11.7. The second-order valence-corrected chi connectivity index (χ2v) is 17.8. The number of likely N-dealkylation sites (N-methyl/N-ethyl adjacent to an activating group) is 1. The summed E-state index contributed by atoms with van der Waals surface area (Å²) in [6, 6.07) is -0.737. The largest absolute Gasteiger partial charge is 0.544 e. The van der Waals surface area contributed by atoms with Crippen molar-refractivity contribution in [2.75, 3.05) is 41.0 Å². The lowest BCUT2D eigenvalue weighted by Crippen LogP contribution is -2.55. The van der Waals surface area contributed by atoms with Crippen molar-refractivity contribution in [1.29, 1.82) is 0 Å². The number of allylic oxidation sites excluding steroid dienone is 16. The molecule has 0 aliphatic carbocycles. The fourth-order valence-corrected chi connectivity index (χ4v) is 6.87.